The van der Waals surface area contributed by atoms with Crippen molar-refractivity contribution in [1.29, 1.82) is 0 Å². The molecule has 4 aromatic rings. The quantitative estimate of drug-likeness (QED) is 0.594. The van der Waals surface area contributed by atoms with Gasteiger partial charge in [0.2, 0.25) is 0 Å². The molecule has 0 spiro atoms. The number of rotatable bonds is 4. The second-order valence-electron chi connectivity index (χ2n) is 5.47. The van der Waals surface area contributed by atoms with Gasteiger partial charge in [-0.05, 0) is 42.5 Å². The minimum atomic E-state index is 0.571. The van der Waals surface area contributed by atoms with Crippen LogP contribution in [0.1, 0.15) is 5.69 Å². The molecule has 5 nitrogen and oxygen atoms in total. The largest absolute Gasteiger partial charge is 0.364 e. The third kappa shape index (κ3) is 3.41. The molecule has 3 aromatic heterocycles. The van der Waals surface area contributed by atoms with E-state index in [9.17, 15) is 0 Å². The molecule has 0 saturated carbocycles. The van der Waals surface area contributed by atoms with Crippen molar-refractivity contribution in [3.05, 3.63) is 77.8 Å². The van der Waals surface area contributed by atoms with Crippen LogP contribution in [0.5, 0.6) is 0 Å². The number of nitrogens with zero attached hydrogens (tertiary/aromatic N) is 4. The van der Waals surface area contributed by atoms with Gasteiger partial charge in [0.1, 0.15) is 5.82 Å². The molecule has 0 fully saturated rings. The Morgan fingerprint density at radius 3 is 2.72 bits per heavy atom. The zero-order valence-electron chi connectivity index (χ0n) is 13.2. The Hall–Kier alpha value is -3.05. The van der Waals surface area contributed by atoms with Gasteiger partial charge in [-0.2, -0.15) is 0 Å². The lowest BCUT2D eigenvalue weighted by Gasteiger charge is -2.11. The van der Waals surface area contributed by atoms with Gasteiger partial charge in [0.15, 0.2) is 5.82 Å². The molecule has 122 valence electrons. The van der Waals surface area contributed by atoms with Crippen LogP contribution in [0.15, 0.2) is 67.1 Å². The first-order valence-corrected chi connectivity index (χ1v) is 8.19. The van der Waals surface area contributed by atoms with Crippen molar-refractivity contribution in [2.75, 3.05) is 5.32 Å². The lowest BCUT2D eigenvalue weighted by Crippen LogP contribution is -2.05. The first-order chi connectivity index (χ1) is 12.3. The number of fused-ring (bicyclic) bond motifs is 1. The summed E-state index contributed by atoms with van der Waals surface area (Å²) in [5, 5.41) is 4.90. The molecule has 0 amide bonds. The lowest BCUT2D eigenvalue weighted by atomic mass is 10.2. The summed E-state index contributed by atoms with van der Waals surface area (Å²) in [5.74, 6) is 1.34. The van der Waals surface area contributed by atoms with E-state index in [2.05, 4.69) is 25.3 Å². The molecular formula is C19H14ClN5. The monoisotopic (exact) mass is 347 g/mol. The smallest absolute Gasteiger partial charge is 0.163 e. The molecule has 0 aliphatic rings. The highest BCUT2D eigenvalue weighted by atomic mass is 35.5. The van der Waals surface area contributed by atoms with Crippen molar-refractivity contribution in [3.8, 4) is 11.4 Å². The molecule has 0 atom stereocenters. The number of anilines is 1. The van der Waals surface area contributed by atoms with Crippen LogP contribution in [0.4, 0.5) is 5.82 Å². The van der Waals surface area contributed by atoms with Crippen molar-refractivity contribution in [2.45, 2.75) is 6.54 Å². The van der Waals surface area contributed by atoms with Crippen LogP contribution in [0.25, 0.3) is 22.3 Å². The number of hydrogen-bond donors (Lipinski definition) is 1. The Morgan fingerprint density at radius 1 is 0.960 bits per heavy atom. The van der Waals surface area contributed by atoms with Crippen LogP contribution < -0.4 is 5.32 Å². The highest BCUT2D eigenvalue weighted by molar-refractivity contribution is 6.31. The van der Waals surface area contributed by atoms with Gasteiger partial charge in [0.25, 0.3) is 0 Å². The van der Waals surface area contributed by atoms with Crippen LogP contribution >= 0.6 is 11.6 Å². The number of aromatic nitrogens is 4. The maximum Gasteiger partial charge on any atom is 0.163 e. The molecule has 4 rings (SSSR count). The molecule has 0 aliphatic carbocycles. The predicted molar refractivity (Wildman–Crippen MR) is 99.3 cm³/mol. The summed E-state index contributed by atoms with van der Waals surface area (Å²) in [6, 6.07) is 15.2. The van der Waals surface area contributed by atoms with Gasteiger partial charge < -0.3 is 5.32 Å². The second-order valence-corrected chi connectivity index (χ2v) is 5.91. The van der Waals surface area contributed by atoms with Crippen LogP contribution in [0, 0.1) is 0 Å². The third-order valence-electron chi connectivity index (χ3n) is 3.74. The van der Waals surface area contributed by atoms with Gasteiger partial charge >= 0.3 is 0 Å². The van der Waals surface area contributed by atoms with Gasteiger partial charge in [-0.3, -0.25) is 9.97 Å². The molecular weight excluding hydrogens is 334 g/mol. The van der Waals surface area contributed by atoms with Crippen LogP contribution in [-0.2, 0) is 6.54 Å². The van der Waals surface area contributed by atoms with Gasteiger partial charge in [0, 0.05) is 34.6 Å². The molecule has 3 heterocycles. The summed E-state index contributed by atoms with van der Waals surface area (Å²) in [6.07, 6.45) is 5.24. The summed E-state index contributed by atoms with van der Waals surface area (Å²) in [4.78, 5) is 17.8. The van der Waals surface area contributed by atoms with E-state index in [4.69, 9.17) is 11.6 Å². The topological polar surface area (TPSA) is 63.6 Å². The first-order valence-electron chi connectivity index (χ1n) is 7.81. The second kappa shape index (κ2) is 6.83. The Morgan fingerprint density at radius 2 is 1.92 bits per heavy atom. The maximum atomic E-state index is 6.14. The Kier molecular flexibility index (Phi) is 4.23. The van der Waals surface area contributed by atoms with Crippen LogP contribution in [0.2, 0.25) is 5.02 Å². The van der Waals surface area contributed by atoms with E-state index in [-0.39, 0.29) is 0 Å². The number of benzene rings is 1. The third-order valence-corrected chi connectivity index (χ3v) is 3.98. The highest BCUT2D eigenvalue weighted by Crippen LogP contribution is 2.27. The van der Waals surface area contributed by atoms with Gasteiger partial charge in [-0.1, -0.05) is 17.7 Å². The summed E-state index contributed by atoms with van der Waals surface area (Å²) < 4.78 is 0. The van der Waals surface area contributed by atoms with E-state index < -0.39 is 0 Å². The minimum absolute atomic E-state index is 0.571. The highest BCUT2D eigenvalue weighted by Gasteiger charge is 2.10. The van der Waals surface area contributed by atoms with Crippen molar-refractivity contribution in [2.24, 2.45) is 0 Å². The molecule has 0 aliphatic heterocycles. The molecule has 0 unspecified atom stereocenters. The molecule has 1 N–H and O–H groups in total. The maximum absolute atomic E-state index is 6.14. The molecule has 1 aromatic carbocycles. The minimum Gasteiger partial charge on any atom is -0.364 e. The standard InChI is InChI=1S/C19H14ClN5/c20-14-6-7-16-17(10-14)24-18(13-4-3-8-21-11-13)25-19(16)23-12-15-5-1-2-9-22-15/h1-11H,12H2,(H,23,24,25). The fraction of sp³-hybridized carbons (Fsp3) is 0.0526. The van der Waals surface area contributed by atoms with Gasteiger partial charge in [0.05, 0.1) is 17.8 Å². The van der Waals surface area contributed by atoms with E-state index in [1.807, 2.05) is 48.5 Å². The number of halogens is 1. The molecule has 25 heavy (non-hydrogen) atoms. The van der Waals surface area contributed by atoms with Crippen LogP contribution in [0.3, 0.4) is 0 Å². The molecule has 6 heteroatoms. The zero-order chi connectivity index (χ0) is 17.1. The zero-order valence-corrected chi connectivity index (χ0v) is 14.0. The number of pyridine rings is 2. The average Bonchev–Trinajstić information content (AvgIpc) is 2.67. The van der Waals surface area contributed by atoms with Crippen molar-refractivity contribution >= 4 is 28.3 Å². The fourth-order valence-corrected chi connectivity index (χ4v) is 2.70. The van der Waals surface area contributed by atoms with Crippen molar-refractivity contribution < 1.29 is 0 Å². The normalized spacial score (nSPS) is 10.8. The summed E-state index contributed by atoms with van der Waals surface area (Å²) in [5.41, 5.74) is 2.57. The molecule has 0 saturated heterocycles. The van der Waals surface area contributed by atoms with Crippen molar-refractivity contribution in [1.82, 2.24) is 19.9 Å². The Labute approximate surface area is 149 Å². The van der Waals surface area contributed by atoms with E-state index in [0.29, 0.717) is 17.4 Å². The lowest BCUT2D eigenvalue weighted by molar-refractivity contribution is 1.03. The van der Waals surface area contributed by atoms with E-state index in [1.165, 1.54) is 0 Å². The van der Waals surface area contributed by atoms with Gasteiger partial charge in [-0.15, -0.1) is 0 Å². The predicted octanol–water partition coefficient (Wildman–Crippen LogP) is 4.35. The average molecular weight is 348 g/mol. The Bertz CT molecular complexity index is 1010. The van der Waals surface area contributed by atoms with E-state index >= 15 is 0 Å². The Balaban J connectivity index is 1.78. The van der Waals surface area contributed by atoms with E-state index in [0.717, 1.165) is 28.0 Å². The first kappa shape index (κ1) is 15.5. The van der Waals surface area contributed by atoms with Crippen LogP contribution in [-0.4, -0.2) is 19.9 Å². The van der Waals surface area contributed by atoms with Gasteiger partial charge in [-0.25, -0.2) is 9.97 Å². The summed E-state index contributed by atoms with van der Waals surface area (Å²) in [7, 11) is 0. The summed E-state index contributed by atoms with van der Waals surface area (Å²) in [6.45, 7) is 0.571. The van der Waals surface area contributed by atoms with Crippen molar-refractivity contribution in [3.63, 3.8) is 0 Å². The summed E-state index contributed by atoms with van der Waals surface area (Å²) >= 11 is 6.14. The molecule has 0 radical (unpaired) electrons. The fourth-order valence-electron chi connectivity index (χ4n) is 2.54. The van der Waals surface area contributed by atoms with E-state index in [1.54, 1.807) is 18.6 Å². The SMILES string of the molecule is Clc1ccc2c(NCc3ccccn3)nc(-c3cccnc3)nc2c1. The number of hydrogen-bond acceptors (Lipinski definition) is 5. The number of nitrogens with one attached hydrogen (secondary N) is 1. The molecule has 0 bridgehead atoms.